The molecule has 0 unspecified atom stereocenters. The van der Waals surface area contributed by atoms with Gasteiger partial charge in [-0.15, -0.1) is 11.3 Å². The Morgan fingerprint density at radius 1 is 1.42 bits per heavy atom. The Labute approximate surface area is 143 Å². The van der Waals surface area contributed by atoms with E-state index in [-0.39, 0.29) is 11.7 Å². The molecule has 7 heteroatoms. The number of hydrogen-bond donors (Lipinski definition) is 1. The third-order valence-corrected chi connectivity index (χ3v) is 4.89. The average Bonchev–Trinajstić information content (AvgIpc) is 3.21. The van der Waals surface area contributed by atoms with Crippen LogP contribution in [0.1, 0.15) is 36.5 Å². The summed E-state index contributed by atoms with van der Waals surface area (Å²) in [6.45, 7) is 4.10. The van der Waals surface area contributed by atoms with Crippen molar-refractivity contribution in [1.82, 2.24) is 10.3 Å². The normalized spacial score (nSPS) is 19.7. The van der Waals surface area contributed by atoms with Crippen molar-refractivity contribution in [2.75, 3.05) is 0 Å². The number of aryl methyl sites for hydroxylation is 1. The van der Waals surface area contributed by atoms with Gasteiger partial charge in [0.2, 0.25) is 5.60 Å². The summed E-state index contributed by atoms with van der Waals surface area (Å²) in [7, 11) is 0. The number of thiazole rings is 1. The fraction of sp³-hybridized carbons (Fsp3) is 0.353. The van der Waals surface area contributed by atoms with E-state index in [0.29, 0.717) is 18.7 Å². The molecule has 1 aromatic heterocycles. The second kappa shape index (κ2) is 6.68. The topological polar surface area (TPSA) is 63.6 Å². The van der Waals surface area contributed by atoms with E-state index in [1.165, 1.54) is 12.1 Å². The van der Waals surface area contributed by atoms with Gasteiger partial charge in [-0.2, -0.15) is 0 Å². The molecule has 0 radical (unpaired) electrons. The first kappa shape index (κ1) is 16.6. The van der Waals surface area contributed by atoms with Crippen molar-refractivity contribution in [1.29, 1.82) is 0 Å². The van der Waals surface area contributed by atoms with E-state index in [1.54, 1.807) is 30.4 Å². The molecule has 3 rings (SSSR count). The molecule has 1 N–H and O–H groups in total. The number of carbonyl (C=O) groups excluding carboxylic acids is 1. The quantitative estimate of drug-likeness (QED) is 0.904. The number of rotatable bonds is 5. The highest BCUT2D eigenvalue weighted by Crippen LogP contribution is 2.27. The lowest BCUT2D eigenvalue weighted by Gasteiger charge is -2.20. The molecule has 0 fully saturated rings. The zero-order chi connectivity index (χ0) is 17.2. The predicted octanol–water partition coefficient (Wildman–Crippen LogP) is 3.04. The molecule has 1 aliphatic rings. The van der Waals surface area contributed by atoms with Crippen LogP contribution in [0.15, 0.2) is 34.8 Å². The van der Waals surface area contributed by atoms with Crippen LogP contribution in [0.25, 0.3) is 0 Å². The number of oxime groups is 1. The first-order chi connectivity index (χ1) is 11.5. The lowest BCUT2D eigenvalue weighted by atomic mass is 9.95. The van der Waals surface area contributed by atoms with Gasteiger partial charge in [-0.1, -0.05) is 24.2 Å². The van der Waals surface area contributed by atoms with Crippen molar-refractivity contribution >= 4 is 23.0 Å². The largest absolute Gasteiger partial charge is 0.379 e. The van der Waals surface area contributed by atoms with Gasteiger partial charge in [-0.25, -0.2) is 9.37 Å². The van der Waals surface area contributed by atoms with Gasteiger partial charge >= 0.3 is 0 Å². The summed E-state index contributed by atoms with van der Waals surface area (Å²) >= 11 is 1.58. The van der Waals surface area contributed by atoms with Crippen molar-refractivity contribution in [3.8, 4) is 0 Å². The van der Waals surface area contributed by atoms with E-state index in [1.807, 2.05) is 12.3 Å². The number of nitrogens with one attached hydrogen (secondary N) is 1. The van der Waals surface area contributed by atoms with Gasteiger partial charge in [0.15, 0.2) is 0 Å². The summed E-state index contributed by atoms with van der Waals surface area (Å²) in [6, 6.07) is 5.98. The lowest BCUT2D eigenvalue weighted by Crippen LogP contribution is -2.44. The standard InChI is InChI=1S/C17H18FN3O2S/c1-3-15-20-13(10-24-15)9-19-16(22)17(2)8-14(21-23-17)11-4-6-12(18)7-5-11/h4-7,10H,3,8-9H2,1-2H3,(H,19,22)/t17-/m0/s1. The summed E-state index contributed by atoms with van der Waals surface area (Å²) in [5.41, 5.74) is 1.16. The first-order valence-electron chi connectivity index (χ1n) is 7.73. The Morgan fingerprint density at radius 2 is 2.17 bits per heavy atom. The van der Waals surface area contributed by atoms with Gasteiger partial charge < -0.3 is 10.2 Å². The molecule has 1 aromatic carbocycles. The zero-order valence-electron chi connectivity index (χ0n) is 13.5. The van der Waals surface area contributed by atoms with Crippen molar-refractivity contribution in [3.05, 3.63) is 51.7 Å². The number of hydrogen-bond acceptors (Lipinski definition) is 5. The molecule has 1 atom stereocenters. The van der Waals surface area contributed by atoms with Gasteiger partial charge in [-0.05, 0) is 31.0 Å². The predicted molar refractivity (Wildman–Crippen MR) is 90.4 cm³/mol. The Bertz CT molecular complexity index is 772. The summed E-state index contributed by atoms with van der Waals surface area (Å²) in [5.74, 6) is -0.553. The van der Waals surface area contributed by atoms with Gasteiger partial charge in [0.05, 0.1) is 23.0 Å². The van der Waals surface area contributed by atoms with E-state index >= 15 is 0 Å². The van der Waals surface area contributed by atoms with E-state index in [2.05, 4.69) is 15.5 Å². The Morgan fingerprint density at radius 3 is 2.83 bits per heavy atom. The van der Waals surface area contributed by atoms with E-state index in [9.17, 15) is 9.18 Å². The van der Waals surface area contributed by atoms with E-state index < -0.39 is 5.60 Å². The SMILES string of the molecule is CCc1nc(CNC(=O)[C@]2(C)CC(c3ccc(F)cc3)=NO2)cs1. The highest BCUT2D eigenvalue weighted by Gasteiger charge is 2.42. The zero-order valence-corrected chi connectivity index (χ0v) is 14.3. The molecule has 0 spiro atoms. The van der Waals surface area contributed by atoms with Crippen LogP contribution in [-0.2, 0) is 22.6 Å². The van der Waals surface area contributed by atoms with Crippen molar-refractivity contribution in [2.24, 2.45) is 5.16 Å². The minimum absolute atomic E-state index is 0.241. The monoisotopic (exact) mass is 347 g/mol. The maximum absolute atomic E-state index is 13.0. The molecule has 0 saturated carbocycles. The number of benzene rings is 1. The summed E-state index contributed by atoms with van der Waals surface area (Å²) in [4.78, 5) is 22.3. The number of amides is 1. The summed E-state index contributed by atoms with van der Waals surface area (Å²) in [5, 5.41) is 9.84. The van der Waals surface area contributed by atoms with Gasteiger partial charge in [-0.3, -0.25) is 4.79 Å². The minimum atomic E-state index is -1.06. The Kier molecular flexibility index (Phi) is 4.62. The molecule has 2 aromatic rings. The van der Waals surface area contributed by atoms with Crippen LogP contribution in [0.2, 0.25) is 0 Å². The fourth-order valence-electron chi connectivity index (χ4n) is 2.41. The van der Waals surface area contributed by atoms with Gasteiger partial charge in [0.1, 0.15) is 5.82 Å². The third kappa shape index (κ3) is 3.46. The first-order valence-corrected chi connectivity index (χ1v) is 8.61. The number of nitrogens with zero attached hydrogens (tertiary/aromatic N) is 2. The van der Waals surface area contributed by atoms with E-state index in [4.69, 9.17) is 4.84 Å². The fourth-order valence-corrected chi connectivity index (χ4v) is 3.15. The van der Waals surface area contributed by atoms with Crippen LogP contribution in [0.3, 0.4) is 0 Å². The molecule has 0 saturated heterocycles. The molecule has 0 aliphatic carbocycles. The lowest BCUT2D eigenvalue weighted by molar-refractivity contribution is -0.141. The molecule has 0 bridgehead atoms. The van der Waals surface area contributed by atoms with Crippen molar-refractivity contribution in [2.45, 2.75) is 38.8 Å². The Hall–Kier alpha value is -2.28. The molecule has 2 heterocycles. The molecule has 5 nitrogen and oxygen atoms in total. The van der Waals surface area contributed by atoms with Crippen LogP contribution in [0, 0.1) is 5.82 Å². The molecule has 126 valence electrons. The second-order valence-corrected chi connectivity index (χ2v) is 6.76. The maximum atomic E-state index is 13.0. The van der Waals surface area contributed by atoms with E-state index in [0.717, 1.165) is 22.7 Å². The Balaban J connectivity index is 1.60. The number of carbonyl (C=O) groups is 1. The highest BCUT2D eigenvalue weighted by atomic mass is 32.1. The van der Waals surface area contributed by atoms with Crippen LogP contribution in [-0.4, -0.2) is 22.2 Å². The molecule has 24 heavy (non-hydrogen) atoms. The molecule has 1 aliphatic heterocycles. The third-order valence-electron chi connectivity index (χ3n) is 3.85. The van der Waals surface area contributed by atoms with Crippen LogP contribution in [0.5, 0.6) is 0 Å². The summed E-state index contributed by atoms with van der Waals surface area (Å²) < 4.78 is 13.0. The molecular weight excluding hydrogens is 329 g/mol. The molecule has 1 amide bonds. The van der Waals surface area contributed by atoms with Crippen LogP contribution in [0.4, 0.5) is 4.39 Å². The average molecular weight is 347 g/mol. The van der Waals surface area contributed by atoms with Crippen LogP contribution < -0.4 is 5.32 Å². The van der Waals surface area contributed by atoms with Gasteiger partial charge in [0, 0.05) is 11.8 Å². The van der Waals surface area contributed by atoms with Gasteiger partial charge in [0.25, 0.3) is 5.91 Å². The highest BCUT2D eigenvalue weighted by molar-refractivity contribution is 7.09. The van der Waals surface area contributed by atoms with Crippen LogP contribution >= 0.6 is 11.3 Å². The smallest absolute Gasteiger partial charge is 0.267 e. The minimum Gasteiger partial charge on any atom is -0.379 e. The summed E-state index contributed by atoms with van der Waals surface area (Å²) in [6.07, 6.45) is 1.22. The van der Waals surface area contributed by atoms with Crippen molar-refractivity contribution < 1.29 is 14.0 Å². The second-order valence-electron chi connectivity index (χ2n) is 5.81. The number of halogens is 1. The van der Waals surface area contributed by atoms with Crippen molar-refractivity contribution in [3.63, 3.8) is 0 Å². The molecular formula is C17H18FN3O2S. The number of aromatic nitrogens is 1. The maximum Gasteiger partial charge on any atom is 0.267 e.